The summed E-state index contributed by atoms with van der Waals surface area (Å²) in [6.07, 6.45) is 4.42. The summed E-state index contributed by atoms with van der Waals surface area (Å²) in [5.41, 5.74) is -0.573. The molecule has 1 aliphatic rings. The van der Waals surface area contributed by atoms with Crippen molar-refractivity contribution in [1.82, 2.24) is 9.55 Å². The highest BCUT2D eigenvalue weighted by atomic mass is 16.5. The van der Waals surface area contributed by atoms with Gasteiger partial charge < -0.3 is 14.6 Å². The number of aryl methyl sites for hydroxylation is 1. The molecule has 0 unspecified atom stereocenters. The predicted molar refractivity (Wildman–Crippen MR) is 80.9 cm³/mol. The van der Waals surface area contributed by atoms with Crippen molar-refractivity contribution in [2.24, 2.45) is 5.92 Å². The van der Waals surface area contributed by atoms with Crippen molar-refractivity contribution in [3.63, 3.8) is 0 Å². The summed E-state index contributed by atoms with van der Waals surface area (Å²) in [7, 11) is 1.29. The number of ether oxygens (including phenoxy) is 2. The largest absolute Gasteiger partial charge is 0.466 e. The molecule has 1 aromatic rings. The molecule has 1 fully saturated rings. The van der Waals surface area contributed by atoms with Crippen LogP contribution in [0.3, 0.4) is 0 Å². The first kappa shape index (κ1) is 17.2. The highest BCUT2D eigenvalue weighted by Gasteiger charge is 2.35. The fourth-order valence-corrected chi connectivity index (χ4v) is 2.61. The molecule has 0 amide bonds. The van der Waals surface area contributed by atoms with Crippen LogP contribution in [0.5, 0.6) is 0 Å². The molecule has 0 bridgehead atoms. The summed E-state index contributed by atoms with van der Waals surface area (Å²) in [5.74, 6) is -0.501. The number of hydrogen-bond donors (Lipinski definition) is 2. The van der Waals surface area contributed by atoms with Crippen LogP contribution in [-0.2, 0) is 14.3 Å². The van der Waals surface area contributed by atoms with Gasteiger partial charge in [0.15, 0.2) is 0 Å². The molecule has 0 aliphatic carbocycles. The summed E-state index contributed by atoms with van der Waals surface area (Å²) in [5, 5.41) is 9.44. The Balaban J connectivity index is 2.14. The molecule has 23 heavy (non-hydrogen) atoms. The summed E-state index contributed by atoms with van der Waals surface area (Å²) >= 11 is 0. The Labute approximate surface area is 132 Å². The topological polar surface area (TPSA) is 111 Å². The van der Waals surface area contributed by atoms with Gasteiger partial charge in [0, 0.05) is 17.8 Å². The predicted octanol–water partition coefficient (Wildman–Crippen LogP) is -0.140. The maximum atomic E-state index is 11.9. The average Bonchev–Trinajstić information content (AvgIpc) is 2.93. The molecule has 2 N–H and O–H groups in total. The number of carbonyl (C=O) groups excluding carboxylic acids is 1. The highest BCUT2D eigenvalue weighted by molar-refractivity contribution is 5.81. The Morgan fingerprint density at radius 2 is 2.30 bits per heavy atom. The van der Waals surface area contributed by atoms with E-state index >= 15 is 0 Å². The van der Waals surface area contributed by atoms with Crippen LogP contribution in [0.4, 0.5) is 0 Å². The number of methoxy groups -OCH3 is 1. The molecule has 8 nitrogen and oxygen atoms in total. The number of aliphatic hydroxyl groups is 1. The van der Waals surface area contributed by atoms with Crippen molar-refractivity contribution >= 4 is 5.97 Å². The summed E-state index contributed by atoms with van der Waals surface area (Å²) < 4.78 is 11.5. The third-order valence-corrected chi connectivity index (χ3v) is 3.89. The number of nitrogens with one attached hydrogen (secondary N) is 1. The van der Waals surface area contributed by atoms with E-state index < -0.39 is 29.6 Å². The Bertz CT molecular complexity index is 705. The van der Waals surface area contributed by atoms with Crippen molar-refractivity contribution in [2.45, 2.75) is 32.1 Å². The third-order valence-electron chi connectivity index (χ3n) is 3.89. The van der Waals surface area contributed by atoms with Crippen molar-refractivity contribution < 1.29 is 19.4 Å². The number of carbonyl (C=O) groups is 1. The van der Waals surface area contributed by atoms with Gasteiger partial charge in [0.05, 0.1) is 19.8 Å². The number of aromatic amines is 1. The molecule has 8 heteroatoms. The van der Waals surface area contributed by atoms with Crippen molar-refractivity contribution in [2.75, 3.05) is 13.7 Å². The second kappa shape index (κ2) is 7.38. The van der Waals surface area contributed by atoms with Gasteiger partial charge in [0.25, 0.3) is 5.56 Å². The van der Waals surface area contributed by atoms with Gasteiger partial charge in [0.2, 0.25) is 0 Å². The lowest BCUT2D eigenvalue weighted by Gasteiger charge is -2.15. The quantitative estimate of drug-likeness (QED) is 0.576. The van der Waals surface area contributed by atoms with E-state index in [1.165, 1.54) is 23.9 Å². The van der Waals surface area contributed by atoms with Crippen LogP contribution in [0.25, 0.3) is 0 Å². The molecule has 0 spiro atoms. The highest BCUT2D eigenvalue weighted by Crippen LogP contribution is 2.34. The number of rotatable bonds is 5. The van der Waals surface area contributed by atoms with Crippen LogP contribution in [0.15, 0.2) is 27.9 Å². The molecule has 2 rings (SSSR count). The Kier molecular flexibility index (Phi) is 5.51. The smallest absolute Gasteiger partial charge is 0.330 e. The van der Waals surface area contributed by atoms with Crippen molar-refractivity contribution in [1.29, 1.82) is 0 Å². The zero-order valence-corrected chi connectivity index (χ0v) is 13.0. The fourth-order valence-electron chi connectivity index (χ4n) is 2.61. The molecule has 1 aliphatic heterocycles. The van der Waals surface area contributed by atoms with E-state index in [4.69, 9.17) is 4.74 Å². The molecule has 3 atom stereocenters. The van der Waals surface area contributed by atoms with E-state index in [1.807, 2.05) is 0 Å². The number of esters is 1. The monoisotopic (exact) mass is 324 g/mol. The van der Waals surface area contributed by atoms with E-state index in [0.717, 1.165) is 0 Å². The van der Waals surface area contributed by atoms with Crippen LogP contribution < -0.4 is 11.2 Å². The summed E-state index contributed by atoms with van der Waals surface area (Å²) in [6.45, 7) is 1.41. The first-order valence-corrected chi connectivity index (χ1v) is 7.29. The first-order chi connectivity index (χ1) is 11.0. The number of H-pyrrole nitrogens is 1. The van der Waals surface area contributed by atoms with Crippen molar-refractivity contribution in [3.05, 3.63) is 44.8 Å². The van der Waals surface area contributed by atoms with Gasteiger partial charge in [-0.3, -0.25) is 14.3 Å². The third kappa shape index (κ3) is 3.96. The number of aromatic nitrogens is 2. The minimum atomic E-state index is -0.563. The van der Waals surface area contributed by atoms with Crippen LogP contribution in [0.2, 0.25) is 0 Å². The van der Waals surface area contributed by atoms with E-state index in [0.29, 0.717) is 18.4 Å². The van der Waals surface area contributed by atoms with Crippen LogP contribution in [0.1, 0.15) is 24.6 Å². The molecule has 0 radical (unpaired) electrons. The zero-order valence-electron chi connectivity index (χ0n) is 13.0. The maximum Gasteiger partial charge on any atom is 0.330 e. The molecule has 1 saturated heterocycles. The molecule has 0 saturated carbocycles. The molecular weight excluding hydrogens is 304 g/mol. The number of allylic oxidation sites excluding steroid dienone is 1. The fraction of sp³-hybridized carbons (Fsp3) is 0.533. The van der Waals surface area contributed by atoms with Gasteiger partial charge in [-0.2, -0.15) is 0 Å². The maximum absolute atomic E-state index is 11.9. The normalized spacial score (nSPS) is 24.2. The van der Waals surface area contributed by atoms with Gasteiger partial charge in [0.1, 0.15) is 6.23 Å². The minimum absolute atomic E-state index is 0.0509. The number of hydrogen-bond acceptors (Lipinski definition) is 6. The van der Waals surface area contributed by atoms with Gasteiger partial charge in [-0.05, 0) is 25.7 Å². The van der Waals surface area contributed by atoms with Crippen LogP contribution >= 0.6 is 0 Å². The van der Waals surface area contributed by atoms with Crippen molar-refractivity contribution in [3.8, 4) is 0 Å². The van der Waals surface area contributed by atoms with E-state index in [2.05, 4.69) is 9.72 Å². The lowest BCUT2D eigenvalue weighted by Crippen LogP contribution is -2.33. The second-order valence-corrected chi connectivity index (χ2v) is 5.45. The SMILES string of the molecule is COC(=O)/C=C/C[C@H]1C[C@H](n2cc(C)c(=O)[nH]c2=O)O[C@@H]1CO. The standard InChI is InChI=1S/C15H20N2O6/c1-9-7-17(15(21)16-14(9)20)12-6-10(11(8-18)23-12)4-3-5-13(19)22-2/h3,5,7,10-12,18H,4,6,8H2,1-2H3,(H,16,20,21)/b5-3+/t10-,11+,12+/m0/s1. The van der Waals surface area contributed by atoms with Gasteiger partial charge in [-0.15, -0.1) is 0 Å². The number of aliphatic hydroxyl groups excluding tert-OH is 1. The molecule has 126 valence electrons. The van der Waals surface area contributed by atoms with E-state index in [-0.39, 0.29) is 12.5 Å². The zero-order chi connectivity index (χ0) is 17.0. The number of nitrogens with zero attached hydrogens (tertiary/aromatic N) is 1. The molecule has 1 aromatic heterocycles. The van der Waals surface area contributed by atoms with Gasteiger partial charge in [-0.25, -0.2) is 9.59 Å². The van der Waals surface area contributed by atoms with E-state index in [9.17, 15) is 19.5 Å². The lowest BCUT2D eigenvalue weighted by molar-refractivity contribution is -0.134. The summed E-state index contributed by atoms with van der Waals surface area (Å²) in [6, 6.07) is 0. The average molecular weight is 324 g/mol. The second-order valence-electron chi connectivity index (χ2n) is 5.45. The molecule has 2 heterocycles. The van der Waals surface area contributed by atoms with E-state index in [1.54, 1.807) is 13.0 Å². The van der Waals surface area contributed by atoms with Crippen LogP contribution in [-0.4, -0.2) is 40.4 Å². The Morgan fingerprint density at radius 3 is 2.96 bits per heavy atom. The molecule has 0 aromatic carbocycles. The molecular formula is C15H20N2O6. The lowest BCUT2D eigenvalue weighted by atomic mass is 9.97. The van der Waals surface area contributed by atoms with Gasteiger partial charge in [-0.1, -0.05) is 6.08 Å². The van der Waals surface area contributed by atoms with Gasteiger partial charge >= 0.3 is 11.7 Å². The van der Waals surface area contributed by atoms with Crippen LogP contribution in [0, 0.1) is 12.8 Å². The minimum Gasteiger partial charge on any atom is -0.466 e. The first-order valence-electron chi connectivity index (χ1n) is 7.29. The Morgan fingerprint density at radius 1 is 1.57 bits per heavy atom. The summed E-state index contributed by atoms with van der Waals surface area (Å²) in [4.78, 5) is 36.6. The Hall–Kier alpha value is -2.19.